The van der Waals surface area contributed by atoms with Crippen molar-refractivity contribution in [3.05, 3.63) is 23.4 Å². The Morgan fingerprint density at radius 1 is 0.909 bits per heavy atom. The second-order valence-electron chi connectivity index (χ2n) is 6.71. The molecule has 0 aromatic carbocycles. The molecule has 2 aromatic rings. The van der Waals surface area contributed by atoms with Crippen LogP contribution >= 0.6 is 0 Å². The maximum Gasteiger partial charge on any atom is 0.240 e. The lowest BCUT2D eigenvalue weighted by molar-refractivity contribution is 0.202. The molecule has 0 spiro atoms. The molecule has 3 fully saturated rings. The molecule has 2 aliphatic carbocycles. The van der Waals surface area contributed by atoms with Gasteiger partial charge in [0.1, 0.15) is 0 Å². The van der Waals surface area contributed by atoms with Crippen molar-refractivity contribution in [2.75, 3.05) is 6.54 Å². The molecule has 0 amide bonds. The molecular weight excluding hydrogens is 282 g/mol. The highest BCUT2D eigenvalue weighted by molar-refractivity contribution is 5.06. The van der Waals surface area contributed by atoms with Gasteiger partial charge >= 0.3 is 0 Å². The highest BCUT2D eigenvalue weighted by atomic mass is 16.5. The van der Waals surface area contributed by atoms with E-state index in [1.807, 2.05) is 0 Å². The van der Waals surface area contributed by atoms with Crippen molar-refractivity contribution in [3.8, 4) is 0 Å². The lowest BCUT2D eigenvalue weighted by atomic mass is 10.2. The van der Waals surface area contributed by atoms with E-state index >= 15 is 0 Å². The monoisotopic (exact) mass is 301 g/mol. The second-order valence-corrected chi connectivity index (χ2v) is 6.71. The Morgan fingerprint density at radius 3 is 2.55 bits per heavy atom. The van der Waals surface area contributed by atoms with E-state index in [-0.39, 0.29) is 6.04 Å². The van der Waals surface area contributed by atoms with E-state index in [4.69, 9.17) is 9.05 Å². The molecule has 7 heteroatoms. The zero-order chi connectivity index (χ0) is 14.5. The van der Waals surface area contributed by atoms with Gasteiger partial charge in [-0.3, -0.25) is 4.90 Å². The summed E-state index contributed by atoms with van der Waals surface area (Å²) >= 11 is 0. The van der Waals surface area contributed by atoms with Crippen LogP contribution in [0.2, 0.25) is 0 Å². The Labute approximate surface area is 128 Å². The summed E-state index contributed by atoms with van der Waals surface area (Å²) in [5.41, 5.74) is 0. The number of hydrogen-bond acceptors (Lipinski definition) is 7. The molecule has 3 heterocycles. The Hall–Kier alpha value is -1.76. The molecule has 22 heavy (non-hydrogen) atoms. The first-order valence-corrected chi connectivity index (χ1v) is 8.27. The van der Waals surface area contributed by atoms with Gasteiger partial charge < -0.3 is 9.05 Å². The first-order chi connectivity index (χ1) is 10.9. The van der Waals surface area contributed by atoms with Gasteiger partial charge in [0.05, 0.1) is 12.6 Å². The van der Waals surface area contributed by atoms with Crippen LogP contribution in [-0.4, -0.2) is 31.7 Å². The van der Waals surface area contributed by atoms with Crippen LogP contribution in [0.1, 0.15) is 79.8 Å². The van der Waals surface area contributed by atoms with Crippen LogP contribution in [0, 0.1) is 0 Å². The molecule has 0 N–H and O–H groups in total. The highest BCUT2D eigenvalue weighted by Gasteiger charge is 2.35. The lowest BCUT2D eigenvalue weighted by Crippen LogP contribution is -2.23. The number of likely N-dealkylation sites (tertiary alicyclic amines) is 1. The van der Waals surface area contributed by atoms with Crippen molar-refractivity contribution in [3.63, 3.8) is 0 Å². The summed E-state index contributed by atoms with van der Waals surface area (Å²) in [6, 6.07) is 0.215. The van der Waals surface area contributed by atoms with Crippen molar-refractivity contribution in [1.29, 1.82) is 0 Å². The molecule has 2 saturated carbocycles. The Kier molecular flexibility index (Phi) is 2.82. The number of aromatic nitrogens is 4. The summed E-state index contributed by atoms with van der Waals surface area (Å²) in [5, 5.41) is 8.29. The van der Waals surface area contributed by atoms with Crippen molar-refractivity contribution >= 4 is 0 Å². The van der Waals surface area contributed by atoms with Crippen LogP contribution in [0.3, 0.4) is 0 Å². The average Bonchev–Trinajstić information content (AvgIpc) is 3.42. The molecule has 1 unspecified atom stereocenters. The summed E-state index contributed by atoms with van der Waals surface area (Å²) in [7, 11) is 0. The lowest BCUT2D eigenvalue weighted by Gasteiger charge is -2.19. The molecule has 7 nitrogen and oxygen atoms in total. The molecule has 1 atom stereocenters. The molecule has 1 aliphatic heterocycles. The number of nitrogens with zero attached hydrogens (tertiary/aromatic N) is 5. The van der Waals surface area contributed by atoms with Crippen LogP contribution in [0.25, 0.3) is 0 Å². The van der Waals surface area contributed by atoms with Crippen molar-refractivity contribution < 1.29 is 9.05 Å². The summed E-state index contributed by atoms with van der Waals surface area (Å²) in [4.78, 5) is 11.5. The average molecular weight is 301 g/mol. The highest BCUT2D eigenvalue weighted by Crippen LogP contribution is 2.41. The summed E-state index contributed by atoms with van der Waals surface area (Å²) in [6.07, 6.45) is 6.95. The minimum absolute atomic E-state index is 0.215. The quantitative estimate of drug-likeness (QED) is 0.839. The summed E-state index contributed by atoms with van der Waals surface area (Å²) in [5.74, 6) is 4.26. The summed E-state index contributed by atoms with van der Waals surface area (Å²) < 4.78 is 10.8. The second kappa shape index (κ2) is 4.87. The van der Waals surface area contributed by atoms with Crippen LogP contribution in [-0.2, 0) is 6.54 Å². The standard InChI is InChI=1S/C15H19N5O2/c1-2-11(14-17-15(22-19-14)10-5-6-10)20(7-1)8-12-16-13(18-21-12)9-3-4-9/h9-11H,1-8H2. The van der Waals surface area contributed by atoms with Gasteiger partial charge in [-0.2, -0.15) is 9.97 Å². The third-order valence-corrected chi connectivity index (χ3v) is 4.81. The first-order valence-electron chi connectivity index (χ1n) is 8.27. The van der Waals surface area contributed by atoms with E-state index in [1.165, 1.54) is 25.7 Å². The predicted molar refractivity (Wildman–Crippen MR) is 74.9 cm³/mol. The Bertz CT molecular complexity index is 673. The zero-order valence-corrected chi connectivity index (χ0v) is 12.4. The van der Waals surface area contributed by atoms with Gasteiger partial charge in [0.15, 0.2) is 11.6 Å². The Morgan fingerprint density at radius 2 is 1.73 bits per heavy atom. The topological polar surface area (TPSA) is 81.1 Å². The SMILES string of the molecule is C1CC(c2noc(C3CC3)n2)N(Cc2nc(C3CC3)no2)C1. The van der Waals surface area contributed by atoms with E-state index in [0.717, 1.165) is 36.9 Å². The third kappa shape index (κ3) is 2.33. The fourth-order valence-electron chi connectivity index (χ4n) is 3.20. The molecule has 5 rings (SSSR count). The summed E-state index contributed by atoms with van der Waals surface area (Å²) in [6.45, 7) is 1.69. The molecule has 0 radical (unpaired) electrons. The van der Waals surface area contributed by atoms with E-state index < -0.39 is 0 Å². The van der Waals surface area contributed by atoms with Gasteiger partial charge in [0.25, 0.3) is 0 Å². The van der Waals surface area contributed by atoms with Gasteiger partial charge in [0, 0.05) is 11.8 Å². The van der Waals surface area contributed by atoms with Crippen LogP contribution < -0.4 is 0 Å². The largest absolute Gasteiger partial charge is 0.339 e. The molecule has 3 aliphatic rings. The van der Waals surface area contributed by atoms with Gasteiger partial charge in [-0.25, -0.2) is 0 Å². The van der Waals surface area contributed by atoms with Gasteiger partial charge in [0.2, 0.25) is 11.8 Å². The van der Waals surface area contributed by atoms with Crippen molar-refractivity contribution in [2.45, 2.75) is 62.9 Å². The van der Waals surface area contributed by atoms with Crippen LogP contribution in [0.15, 0.2) is 9.05 Å². The normalized spacial score (nSPS) is 25.9. The molecule has 0 bridgehead atoms. The molecule has 116 valence electrons. The number of rotatable bonds is 5. The smallest absolute Gasteiger partial charge is 0.240 e. The third-order valence-electron chi connectivity index (χ3n) is 4.81. The van der Waals surface area contributed by atoms with Gasteiger partial charge in [-0.1, -0.05) is 10.3 Å². The zero-order valence-electron chi connectivity index (χ0n) is 12.4. The van der Waals surface area contributed by atoms with Crippen LogP contribution in [0.4, 0.5) is 0 Å². The fourth-order valence-corrected chi connectivity index (χ4v) is 3.20. The molecule has 1 saturated heterocycles. The van der Waals surface area contributed by atoms with Gasteiger partial charge in [-0.15, -0.1) is 0 Å². The Balaban J connectivity index is 1.31. The predicted octanol–water partition coefficient (Wildman–Crippen LogP) is 2.54. The maximum atomic E-state index is 5.40. The first kappa shape index (κ1) is 12.8. The van der Waals surface area contributed by atoms with E-state index in [9.17, 15) is 0 Å². The molecular formula is C15H19N5O2. The van der Waals surface area contributed by atoms with E-state index in [2.05, 4.69) is 25.2 Å². The van der Waals surface area contributed by atoms with E-state index in [1.54, 1.807) is 0 Å². The minimum atomic E-state index is 0.215. The minimum Gasteiger partial charge on any atom is -0.339 e. The molecule has 2 aromatic heterocycles. The number of hydrogen-bond donors (Lipinski definition) is 0. The van der Waals surface area contributed by atoms with Crippen LogP contribution in [0.5, 0.6) is 0 Å². The van der Waals surface area contributed by atoms with Crippen molar-refractivity contribution in [2.24, 2.45) is 0 Å². The fraction of sp³-hybridized carbons (Fsp3) is 0.733. The maximum absolute atomic E-state index is 5.40. The van der Waals surface area contributed by atoms with Crippen molar-refractivity contribution in [1.82, 2.24) is 25.2 Å². The van der Waals surface area contributed by atoms with E-state index in [0.29, 0.717) is 24.3 Å². The van der Waals surface area contributed by atoms with Gasteiger partial charge in [-0.05, 0) is 45.1 Å².